The summed E-state index contributed by atoms with van der Waals surface area (Å²) in [5.74, 6) is -0.247. The lowest BCUT2D eigenvalue weighted by molar-refractivity contribution is 0.0972. The van der Waals surface area contributed by atoms with Crippen LogP contribution in [-0.4, -0.2) is 41.6 Å². The molecule has 0 N–H and O–H groups in total. The van der Waals surface area contributed by atoms with E-state index in [-0.39, 0.29) is 17.2 Å². The Balaban J connectivity index is 1.86. The van der Waals surface area contributed by atoms with Gasteiger partial charge in [-0.25, -0.2) is 13.4 Å². The molecule has 2 heterocycles. The van der Waals surface area contributed by atoms with Gasteiger partial charge in [-0.1, -0.05) is 18.2 Å². The van der Waals surface area contributed by atoms with Crippen molar-refractivity contribution in [3.8, 4) is 5.13 Å². The molecule has 0 atom stereocenters. The molecule has 1 aromatic carbocycles. The van der Waals surface area contributed by atoms with Gasteiger partial charge in [-0.2, -0.15) is 4.31 Å². The lowest BCUT2D eigenvalue weighted by Gasteiger charge is -2.16. The summed E-state index contributed by atoms with van der Waals surface area (Å²) < 4.78 is 28.2. The molecule has 2 aromatic heterocycles. The first-order valence-electron chi connectivity index (χ1n) is 7.95. The molecule has 0 unspecified atom stereocenters. The van der Waals surface area contributed by atoms with Gasteiger partial charge in [-0.3, -0.25) is 9.36 Å². The van der Waals surface area contributed by atoms with Crippen molar-refractivity contribution in [3.05, 3.63) is 64.9 Å². The van der Waals surface area contributed by atoms with E-state index in [1.54, 1.807) is 30.5 Å². The average molecular weight is 390 g/mol. The van der Waals surface area contributed by atoms with E-state index in [0.717, 1.165) is 20.8 Å². The maximum atomic E-state index is 12.8. The normalized spacial score (nSPS) is 11.8. The second-order valence-electron chi connectivity index (χ2n) is 5.93. The molecule has 0 amide bonds. The Hall–Kier alpha value is -2.29. The minimum Gasteiger partial charge on any atom is -0.294 e. The molecular formula is C18H19N3O3S2. The predicted molar refractivity (Wildman–Crippen MR) is 102 cm³/mol. The number of nitrogens with zero attached hydrogens (tertiary/aromatic N) is 3. The van der Waals surface area contributed by atoms with Crippen LogP contribution < -0.4 is 0 Å². The minimum absolute atomic E-state index is 0.170. The van der Waals surface area contributed by atoms with Gasteiger partial charge in [0.2, 0.25) is 10.0 Å². The average Bonchev–Trinajstić information content (AvgIpc) is 3.23. The van der Waals surface area contributed by atoms with E-state index in [9.17, 15) is 13.2 Å². The molecule has 136 valence electrons. The molecule has 0 bridgehead atoms. The van der Waals surface area contributed by atoms with Crippen LogP contribution in [0.1, 0.15) is 21.7 Å². The summed E-state index contributed by atoms with van der Waals surface area (Å²) in [4.78, 5) is 17.2. The summed E-state index contributed by atoms with van der Waals surface area (Å²) in [7, 11) is -2.29. The Morgan fingerprint density at radius 3 is 2.54 bits per heavy atom. The molecule has 0 fully saturated rings. The Morgan fingerprint density at radius 1 is 1.23 bits per heavy atom. The van der Waals surface area contributed by atoms with Gasteiger partial charge in [0.15, 0.2) is 10.9 Å². The number of carbonyl (C=O) groups excluding carboxylic acids is 1. The first kappa shape index (κ1) is 18.5. The summed E-state index contributed by atoms with van der Waals surface area (Å²) in [6, 6.07) is 9.88. The molecular weight excluding hydrogens is 370 g/mol. The Morgan fingerprint density at radius 2 is 1.92 bits per heavy atom. The fourth-order valence-corrected chi connectivity index (χ4v) is 4.71. The Labute approximate surface area is 156 Å². The van der Waals surface area contributed by atoms with Gasteiger partial charge in [0.1, 0.15) is 0 Å². The van der Waals surface area contributed by atoms with Crippen LogP contribution in [-0.2, 0) is 10.0 Å². The zero-order valence-electron chi connectivity index (χ0n) is 14.7. The number of hydrogen-bond acceptors (Lipinski definition) is 5. The number of hydrogen-bond donors (Lipinski definition) is 0. The van der Waals surface area contributed by atoms with Crippen LogP contribution in [0.5, 0.6) is 0 Å². The summed E-state index contributed by atoms with van der Waals surface area (Å²) in [5.41, 5.74) is 2.15. The third-order valence-corrected chi connectivity index (χ3v) is 6.73. The van der Waals surface area contributed by atoms with Gasteiger partial charge in [0.05, 0.1) is 11.4 Å². The summed E-state index contributed by atoms with van der Waals surface area (Å²) in [6.07, 6.45) is 1.71. The first-order valence-corrected chi connectivity index (χ1v) is 10.3. The molecule has 3 rings (SSSR count). The second kappa shape index (κ2) is 7.14. The van der Waals surface area contributed by atoms with Gasteiger partial charge in [-0.15, -0.1) is 11.3 Å². The van der Waals surface area contributed by atoms with Crippen LogP contribution >= 0.6 is 11.3 Å². The number of likely N-dealkylation sites (N-methyl/N-ethyl adjacent to an activating group) is 1. The smallest absolute Gasteiger partial charge is 0.243 e. The highest BCUT2D eigenvalue weighted by atomic mass is 32.2. The molecule has 26 heavy (non-hydrogen) atoms. The van der Waals surface area contributed by atoms with Crippen LogP contribution in [0.3, 0.4) is 0 Å². The number of rotatable bonds is 6. The number of ketones is 1. The van der Waals surface area contributed by atoms with E-state index in [1.165, 1.54) is 30.5 Å². The highest BCUT2D eigenvalue weighted by Gasteiger charge is 2.25. The molecule has 0 saturated carbocycles. The van der Waals surface area contributed by atoms with Crippen molar-refractivity contribution in [2.75, 3.05) is 13.6 Å². The Kier molecular flexibility index (Phi) is 5.08. The molecule has 0 spiro atoms. The zero-order chi connectivity index (χ0) is 18.9. The maximum Gasteiger partial charge on any atom is 0.243 e. The number of aromatic nitrogens is 2. The largest absolute Gasteiger partial charge is 0.294 e. The number of benzene rings is 1. The minimum atomic E-state index is -3.71. The molecule has 0 aliphatic heterocycles. The molecule has 0 radical (unpaired) electrons. The van der Waals surface area contributed by atoms with E-state index < -0.39 is 10.0 Å². The fraction of sp³-hybridized carbons (Fsp3) is 0.222. The van der Waals surface area contributed by atoms with E-state index in [0.29, 0.717) is 5.56 Å². The lowest BCUT2D eigenvalue weighted by Crippen LogP contribution is -2.32. The van der Waals surface area contributed by atoms with Crippen molar-refractivity contribution in [3.63, 3.8) is 0 Å². The first-order chi connectivity index (χ1) is 12.3. The van der Waals surface area contributed by atoms with Gasteiger partial charge in [0, 0.05) is 35.6 Å². The summed E-state index contributed by atoms with van der Waals surface area (Å²) in [5, 5.41) is 2.65. The van der Waals surface area contributed by atoms with Crippen molar-refractivity contribution in [2.24, 2.45) is 0 Å². The highest BCUT2D eigenvalue weighted by molar-refractivity contribution is 7.89. The molecule has 0 aliphatic carbocycles. The number of sulfonamides is 1. The highest BCUT2D eigenvalue weighted by Crippen LogP contribution is 2.23. The molecule has 0 saturated heterocycles. The van der Waals surface area contributed by atoms with Crippen LogP contribution in [0, 0.1) is 13.8 Å². The maximum absolute atomic E-state index is 12.8. The van der Waals surface area contributed by atoms with Crippen LogP contribution in [0.2, 0.25) is 0 Å². The standard InChI is InChI=1S/C18H19N3O3S2/c1-13-11-16(14(2)21(13)18-19-9-10-25-18)17(22)12-20(3)26(23,24)15-7-5-4-6-8-15/h4-11H,12H2,1-3H3. The predicted octanol–water partition coefficient (Wildman–Crippen LogP) is 3.05. The molecule has 3 aromatic rings. The van der Waals surface area contributed by atoms with Crippen LogP contribution in [0.4, 0.5) is 0 Å². The van der Waals surface area contributed by atoms with Crippen molar-refractivity contribution < 1.29 is 13.2 Å². The van der Waals surface area contributed by atoms with E-state index in [2.05, 4.69) is 4.98 Å². The van der Waals surface area contributed by atoms with Crippen molar-refractivity contribution in [2.45, 2.75) is 18.7 Å². The summed E-state index contributed by atoms with van der Waals surface area (Å²) in [6.45, 7) is 3.52. The molecule has 0 aliphatic rings. The lowest BCUT2D eigenvalue weighted by atomic mass is 10.1. The van der Waals surface area contributed by atoms with Gasteiger partial charge in [-0.05, 0) is 32.0 Å². The van der Waals surface area contributed by atoms with Crippen molar-refractivity contribution in [1.29, 1.82) is 0 Å². The molecule has 6 nitrogen and oxygen atoms in total. The second-order valence-corrected chi connectivity index (χ2v) is 8.85. The van der Waals surface area contributed by atoms with Gasteiger partial charge in [0.25, 0.3) is 0 Å². The topological polar surface area (TPSA) is 72.3 Å². The quantitative estimate of drug-likeness (QED) is 0.608. The van der Waals surface area contributed by atoms with E-state index >= 15 is 0 Å². The third kappa shape index (κ3) is 3.35. The number of aryl methyl sites for hydroxylation is 1. The number of thiazole rings is 1. The number of carbonyl (C=O) groups is 1. The van der Waals surface area contributed by atoms with E-state index in [4.69, 9.17) is 0 Å². The zero-order valence-corrected chi connectivity index (χ0v) is 16.3. The number of Topliss-reactive ketones (excluding diaryl/α,β-unsaturated/α-hetero) is 1. The van der Waals surface area contributed by atoms with E-state index in [1.807, 2.05) is 23.8 Å². The SMILES string of the molecule is Cc1cc(C(=O)CN(C)S(=O)(=O)c2ccccc2)c(C)n1-c1nccs1. The van der Waals surface area contributed by atoms with Crippen molar-refractivity contribution >= 4 is 27.1 Å². The Bertz CT molecular complexity index is 1020. The molecule has 8 heteroatoms. The summed E-state index contributed by atoms with van der Waals surface area (Å²) >= 11 is 1.48. The van der Waals surface area contributed by atoms with Gasteiger partial charge >= 0.3 is 0 Å². The van der Waals surface area contributed by atoms with Crippen LogP contribution in [0.25, 0.3) is 5.13 Å². The monoisotopic (exact) mass is 389 g/mol. The van der Waals surface area contributed by atoms with Gasteiger partial charge < -0.3 is 0 Å². The fourth-order valence-electron chi connectivity index (χ4n) is 2.81. The van der Waals surface area contributed by atoms with Crippen LogP contribution in [0.15, 0.2) is 52.9 Å². The third-order valence-electron chi connectivity index (χ3n) is 4.16. The van der Waals surface area contributed by atoms with Crippen molar-refractivity contribution in [1.82, 2.24) is 13.9 Å².